The lowest BCUT2D eigenvalue weighted by Gasteiger charge is -2.35. The largest absolute Gasteiger partial charge is 0.465 e. The molecule has 0 aliphatic carbocycles. The van der Waals surface area contributed by atoms with Crippen molar-refractivity contribution in [3.63, 3.8) is 0 Å². The fourth-order valence-electron chi connectivity index (χ4n) is 2.34. The van der Waals surface area contributed by atoms with Crippen LogP contribution in [0.2, 0.25) is 0 Å². The Kier molecular flexibility index (Phi) is 8.14. The van der Waals surface area contributed by atoms with E-state index in [2.05, 4.69) is 0 Å². The van der Waals surface area contributed by atoms with Crippen LogP contribution in [0.5, 0.6) is 0 Å². The molecule has 0 fully saturated rings. The third-order valence-corrected chi connectivity index (χ3v) is 3.06. The van der Waals surface area contributed by atoms with Gasteiger partial charge in [-0.2, -0.15) is 26.3 Å². The van der Waals surface area contributed by atoms with Gasteiger partial charge in [0.15, 0.2) is 0 Å². The fourth-order valence-corrected chi connectivity index (χ4v) is 2.34. The highest BCUT2D eigenvalue weighted by Crippen LogP contribution is 2.39. The molecule has 0 rings (SSSR count). The lowest BCUT2D eigenvalue weighted by Crippen LogP contribution is -2.53. The first-order valence-corrected chi connectivity index (χ1v) is 6.86. The van der Waals surface area contributed by atoms with Crippen molar-refractivity contribution >= 4 is 12.2 Å². The molecular formula is C12H18F6N2O4. The highest BCUT2D eigenvalue weighted by molar-refractivity contribution is 5.65. The van der Waals surface area contributed by atoms with Gasteiger partial charge in [0.2, 0.25) is 0 Å². The standard InChI is InChI=1S/C12H18F6N2O4/c13-11(14,15)6-10(20-9(23)24,7-12(16,17)18)4-2-1-3-5-19-8(21)22/h19-20H,1-7H2,(H,21,22)(H,23,24). The average molecular weight is 368 g/mol. The van der Waals surface area contributed by atoms with Crippen LogP contribution in [-0.2, 0) is 0 Å². The number of carbonyl (C=O) groups is 2. The van der Waals surface area contributed by atoms with E-state index in [1.54, 1.807) is 0 Å². The minimum atomic E-state index is -4.99. The molecule has 4 N–H and O–H groups in total. The molecule has 24 heavy (non-hydrogen) atoms. The van der Waals surface area contributed by atoms with Crippen LogP contribution in [0.25, 0.3) is 0 Å². The predicted molar refractivity (Wildman–Crippen MR) is 69.7 cm³/mol. The van der Waals surface area contributed by atoms with E-state index < -0.39 is 49.3 Å². The Morgan fingerprint density at radius 3 is 1.67 bits per heavy atom. The van der Waals surface area contributed by atoms with E-state index in [1.807, 2.05) is 5.32 Å². The predicted octanol–water partition coefficient (Wildman–Crippen LogP) is 3.73. The number of hydrogen-bond acceptors (Lipinski definition) is 2. The summed E-state index contributed by atoms with van der Waals surface area (Å²) in [6, 6.07) is 0. The summed E-state index contributed by atoms with van der Waals surface area (Å²) >= 11 is 0. The summed E-state index contributed by atoms with van der Waals surface area (Å²) in [6.45, 7) is -0.00671. The molecular weight excluding hydrogens is 350 g/mol. The minimum Gasteiger partial charge on any atom is -0.465 e. The molecule has 0 bridgehead atoms. The molecule has 0 aromatic carbocycles. The number of amides is 2. The maximum atomic E-state index is 12.6. The maximum absolute atomic E-state index is 12.6. The number of unbranched alkanes of at least 4 members (excludes halogenated alkanes) is 2. The quantitative estimate of drug-likeness (QED) is 0.368. The molecule has 0 saturated carbocycles. The fraction of sp³-hybridized carbons (Fsp3) is 0.833. The van der Waals surface area contributed by atoms with Crippen LogP contribution >= 0.6 is 0 Å². The lowest BCUT2D eigenvalue weighted by atomic mass is 9.84. The van der Waals surface area contributed by atoms with E-state index in [1.165, 1.54) is 5.32 Å². The molecule has 0 atom stereocenters. The summed E-state index contributed by atoms with van der Waals surface area (Å²) < 4.78 is 75.7. The monoisotopic (exact) mass is 368 g/mol. The average Bonchev–Trinajstić information content (AvgIpc) is 2.27. The van der Waals surface area contributed by atoms with Crippen LogP contribution in [0, 0.1) is 0 Å². The Morgan fingerprint density at radius 2 is 1.29 bits per heavy atom. The van der Waals surface area contributed by atoms with Gasteiger partial charge in [-0.25, -0.2) is 9.59 Å². The molecule has 0 aromatic heterocycles. The molecule has 12 heteroatoms. The van der Waals surface area contributed by atoms with E-state index in [9.17, 15) is 35.9 Å². The Hall–Kier alpha value is -1.88. The van der Waals surface area contributed by atoms with Gasteiger partial charge in [-0.3, -0.25) is 0 Å². The van der Waals surface area contributed by atoms with Gasteiger partial charge in [-0.1, -0.05) is 12.8 Å². The van der Waals surface area contributed by atoms with Crippen molar-refractivity contribution < 1.29 is 46.1 Å². The van der Waals surface area contributed by atoms with Crippen molar-refractivity contribution in [2.45, 2.75) is 56.4 Å². The Labute approximate surface area is 133 Å². The third kappa shape index (κ3) is 11.7. The molecule has 2 amide bonds. The number of carboxylic acid groups (broad SMARTS) is 2. The highest BCUT2D eigenvalue weighted by atomic mass is 19.4. The van der Waals surface area contributed by atoms with Crippen molar-refractivity contribution in [2.24, 2.45) is 0 Å². The van der Waals surface area contributed by atoms with Gasteiger partial charge in [0, 0.05) is 6.54 Å². The zero-order valence-electron chi connectivity index (χ0n) is 12.4. The summed E-state index contributed by atoms with van der Waals surface area (Å²) in [4.78, 5) is 20.9. The molecule has 6 nitrogen and oxygen atoms in total. The summed E-state index contributed by atoms with van der Waals surface area (Å²) in [5.74, 6) is 0. The number of hydrogen-bond donors (Lipinski definition) is 4. The van der Waals surface area contributed by atoms with E-state index in [4.69, 9.17) is 10.2 Å². The molecule has 0 saturated heterocycles. The van der Waals surface area contributed by atoms with Gasteiger partial charge in [0.05, 0.1) is 18.4 Å². The molecule has 0 heterocycles. The normalized spacial score (nSPS) is 12.8. The number of halogens is 6. The van der Waals surface area contributed by atoms with E-state index in [-0.39, 0.29) is 25.8 Å². The van der Waals surface area contributed by atoms with E-state index in [0.717, 1.165) is 0 Å². The van der Waals surface area contributed by atoms with Crippen LogP contribution in [0.1, 0.15) is 38.5 Å². The Morgan fingerprint density at radius 1 is 0.792 bits per heavy atom. The molecule has 0 aromatic rings. The second-order valence-corrected chi connectivity index (χ2v) is 5.34. The molecule has 142 valence electrons. The Bertz CT molecular complexity index is 409. The third-order valence-electron chi connectivity index (χ3n) is 3.06. The van der Waals surface area contributed by atoms with Crippen molar-refractivity contribution in [1.29, 1.82) is 0 Å². The topological polar surface area (TPSA) is 98.7 Å². The van der Waals surface area contributed by atoms with E-state index in [0.29, 0.717) is 0 Å². The van der Waals surface area contributed by atoms with Gasteiger partial charge in [-0.05, 0) is 12.8 Å². The van der Waals surface area contributed by atoms with Gasteiger partial charge < -0.3 is 20.8 Å². The maximum Gasteiger partial charge on any atom is 0.405 e. The van der Waals surface area contributed by atoms with Gasteiger partial charge >= 0.3 is 24.5 Å². The first-order valence-electron chi connectivity index (χ1n) is 6.86. The van der Waals surface area contributed by atoms with Crippen LogP contribution in [-0.4, -0.2) is 46.8 Å². The lowest BCUT2D eigenvalue weighted by molar-refractivity contribution is -0.182. The molecule has 0 aliphatic heterocycles. The number of alkyl halides is 6. The van der Waals surface area contributed by atoms with Crippen LogP contribution < -0.4 is 10.6 Å². The van der Waals surface area contributed by atoms with Crippen LogP contribution in [0.15, 0.2) is 0 Å². The highest BCUT2D eigenvalue weighted by Gasteiger charge is 2.49. The van der Waals surface area contributed by atoms with Crippen molar-refractivity contribution in [3.8, 4) is 0 Å². The Balaban J connectivity index is 4.92. The summed E-state index contributed by atoms with van der Waals surface area (Å²) in [5.41, 5.74) is -2.71. The van der Waals surface area contributed by atoms with Crippen LogP contribution in [0.4, 0.5) is 35.9 Å². The summed E-state index contributed by atoms with van der Waals surface area (Å²) in [6.07, 6.45) is -17.6. The number of rotatable bonds is 9. The van der Waals surface area contributed by atoms with Gasteiger partial charge in [0.25, 0.3) is 0 Å². The van der Waals surface area contributed by atoms with Crippen molar-refractivity contribution in [3.05, 3.63) is 0 Å². The molecule has 0 aliphatic rings. The minimum absolute atomic E-state index is 0.00671. The number of nitrogens with one attached hydrogen (secondary N) is 2. The SMILES string of the molecule is O=C(O)NCCCCCC(CC(F)(F)F)(CC(F)(F)F)NC(=O)O. The van der Waals surface area contributed by atoms with E-state index >= 15 is 0 Å². The summed E-state index contributed by atoms with van der Waals surface area (Å²) in [5, 5.41) is 20.3. The second-order valence-electron chi connectivity index (χ2n) is 5.34. The smallest absolute Gasteiger partial charge is 0.405 e. The second kappa shape index (κ2) is 8.83. The zero-order valence-corrected chi connectivity index (χ0v) is 12.4. The summed E-state index contributed by atoms with van der Waals surface area (Å²) in [7, 11) is 0. The molecule has 0 radical (unpaired) electrons. The van der Waals surface area contributed by atoms with Crippen molar-refractivity contribution in [2.75, 3.05) is 6.54 Å². The van der Waals surface area contributed by atoms with Gasteiger partial charge in [-0.15, -0.1) is 0 Å². The first-order chi connectivity index (χ1) is 10.7. The van der Waals surface area contributed by atoms with Crippen LogP contribution in [0.3, 0.4) is 0 Å². The molecule has 0 unspecified atom stereocenters. The first kappa shape index (κ1) is 22.1. The van der Waals surface area contributed by atoms with Gasteiger partial charge in [0.1, 0.15) is 0 Å². The molecule has 0 spiro atoms. The zero-order chi connectivity index (χ0) is 19.0. The van der Waals surface area contributed by atoms with Crippen molar-refractivity contribution in [1.82, 2.24) is 10.6 Å².